The Morgan fingerprint density at radius 3 is 2.36 bits per heavy atom. The first-order chi connectivity index (χ1) is 12.1. The van der Waals surface area contributed by atoms with Crippen LogP contribution in [0.25, 0.3) is 0 Å². The summed E-state index contributed by atoms with van der Waals surface area (Å²) >= 11 is 0. The lowest BCUT2D eigenvalue weighted by Gasteiger charge is -2.35. The number of nitrogens with two attached hydrogens (primary N) is 1. The highest BCUT2D eigenvalue weighted by Gasteiger charge is 2.32. The van der Waals surface area contributed by atoms with Gasteiger partial charge >= 0.3 is 0 Å². The van der Waals surface area contributed by atoms with Gasteiger partial charge in [-0.15, -0.1) is 0 Å². The van der Waals surface area contributed by atoms with Gasteiger partial charge in [-0.3, -0.25) is 14.5 Å². The van der Waals surface area contributed by atoms with Crippen molar-refractivity contribution in [1.82, 2.24) is 9.88 Å². The predicted octanol–water partition coefficient (Wildman–Crippen LogP) is 1.96. The van der Waals surface area contributed by atoms with Crippen LogP contribution in [0.15, 0.2) is 54.7 Å². The fourth-order valence-electron chi connectivity index (χ4n) is 3.28. The van der Waals surface area contributed by atoms with Crippen molar-refractivity contribution in [3.05, 3.63) is 60.3 Å². The number of hydrogen-bond acceptors (Lipinski definition) is 4. The molecular formula is C19H22N4O2. The summed E-state index contributed by atoms with van der Waals surface area (Å²) in [5.74, 6) is 0.105. The third-order valence-corrected chi connectivity index (χ3v) is 4.57. The molecule has 3 N–H and O–H groups in total. The van der Waals surface area contributed by atoms with Crippen LogP contribution in [0.1, 0.15) is 24.4 Å². The molecule has 1 saturated heterocycles. The second-order valence-electron chi connectivity index (χ2n) is 6.23. The van der Waals surface area contributed by atoms with E-state index >= 15 is 0 Å². The summed E-state index contributed by atoms with van der Waals surface area (Å²) in [4.78, 5) is 30.5. The third-order valence-electron chi connectivity index (χ3n) is 4.57. The van der Waals surface area contributed by atoms with Crippen molar-refractivity contribution in [2.75, 3.05) is 18.4 Å². The van der Waals surface area contributed by atoms with E-state index in [1.54, 1.807) is 12.3 Å². The number of nitrogens with one attached hydrogen (secondary N) is 1. The first kappa shape index (κ1) is 17.1. The number of rotatable bonds is 5. The molecule has 25 heavy (non-hydrogen) atoms. The Morgan fingerprint density at radius 1 is 1.08 bits per heavy atom. The third kappa shape index (κ3) is 4.22. The molecule has 1 fully saturated rings. The van der Waals surface area contributed by atoms with Gasteiger partial charge in [-0.25, -0.2) is 4.98 Å². The molecule has 2 amide bonds. The Bertz CT molecular complexity index is 713. The van der Waals surface area contributed by atoms with E-state index in [0.29, 0.717) is 31.7 Å². The lowest BCUT2D eigenvalue weighted by molar-refractivity contribution is -0.125. The van der Waals surface area contributed by atoms with Crippen molar-refractivity contribution in [1.29, 1.82) is 0 Å². The lowest BCUT2D eigenvalue weighted by atomic mass is 9.93. The standard InChI is InChI=1S/C19H22N4O2/c20-18(24)17(14-6-2-1-3-7-14)23-12-9-15(10-13-23)19(25)22-16-8-4-5-11-21-16/h1-8,11,15,17H,9-10,12-13H2,(H2,20,24)(H,21,22,25)/t17-/m1/s1. The largest absolute Gasteiger partial charge is 0.368 e. The Labute approximate surface area is 147 Å². The summed E-state index contributed by atoms with van der Waals surface area (Å²) in [5, 5.41) is 2.85. The van der Waals surface area contributed by atoms with Gasteiger partial charge < -0.3 is 11.1 Å². The number of carbonyl (C=O) groups is 2. The molecule has 2 heterocycles. The van der Waals surface area contributed by atoms with Gasteiger partial charge in [0.2, 0.25) is 11.8 Å². The molecule has 1 aliphatic heterocycles. The fraction of sp³-hybridized carbons (Fsp3) is 0.316. The Morgan fingerprint density at radius 2 is 1.76 bits per heavy atom. The number of amides is 2. The van der Waals surface area contributed by atoms with Gasteiger partial charge in [0.25, 0.3) is 0 Å². The molecule has 0 spiro atoms. The molecule has 0 radical (unpaired) electrons. The topological polar surface area (TPSA) is 88.3 Å². The van der Waals surface area contributed by atoms with E-state index in [2.05, 4.69) is 15.2 Å². The van der Waals surface area contributed by atoms with Crippen LogP contribution in [-0.4, -0.2) is 34.8 Å². The number of benzene rings is 1. The van der Waals surface area contributed by atoms with Crippen LogP contribution in [0.2, 0.25) is 0 Å². The van der Waals surface area contributed by atoms with Crippen LogP contribution in [-0.2, 0) is 9.59 Å². The maximum absolute atomic E-state index is 12.4. The zero-order valence-electron chi connectivity index (χ0n) is 14.0. The Hall–Kier alpha value is -2.73. The summed E-state index contributed by atoms with van der Waals surface area (Å²) < 4.78 is 0. The molecule has 1 aliphatic rings. The highest BCUT2D eigenvalue weighted by molar-refractivity contribution is 5.91. The predicted molar refractivity (Wildman–Crippen MR) is 95.5 cm³/mol. The van der Waals surface area contributed by atoms with E-state index < -0.39 is 6.04 Å². The van der Waals surface area contributed by atoms with Crippen molar-refractivity contribution < 1.29 is 9.59 Å². The molecule has 0 saturated carbocycles. The van der Waals surface area contributed by atoms with E-state index in [1.165, 1.54) is 0 Å². The second-order valence-corrected chi connectivity index (χ2v) is 6.23. The quantitative estimate of drug-likeness (QED) is 0.872. The van der Waals surface area contributed by atoms with Gasteiger partial charge in [-0.2, -0.15) is 0 Å². The smallest absolute Gasteiger partial charge is 0.239 e. The molecular weight excluding hydrogens is 316 g/mol. The highest BCUT2D eigenvalue weighted by atomic mass is 16.2. The van der Waals surface area contributed by atoms with E-state index in [0.717, 1.165) is 5.56 Å². The van der Waals surface area contributed by atoms with E-state index in [-0.39, 0.29) is 17.7 Å². The van der Waals surface area contributed by atoms with Crippen LogP contribution in [0.5, 0.6) is 0 Å². The van der Waals surface area contributed by atoms with Crippen LogP contribution < -0.4 is 11.1 Å². The van der Waals surface area contributed by atoms with Crippen molar-refractivity contribution in [2.45, 2.75) is 18.9 Å². The van der Waals surface area contributed by atoms with Crippen LogP contribution in [0, 0.1) is 5.92 Å². The number of piperidine rings is 1. The molecule has 6 heteroatoms. The minimum Gasteiger partial charge on any atom is -0.368 e. The summed E-state index contributed by atoms with van der Waals surface area (Å²) in [6.07, 6.45) is 3.03. The van der Waals surface area contributed by atoms with Crippen molar-refractivity contribution in [3.63, 3.8) is 0 Å². The van der Waals surface area contributed by atoms with Crippen LogP contribution >= 0.6 is 0 Å². The Kier molecular flexibility index (Phi) is 5.40. The number of primary amides is 1. The maximum atomic E-state index is 12.4. The monoisotopic (exact) mass is 338 g/mol. The molecule has 1 atom stereocenters. The molecule has 0 aliphatic carbocycles. The number of nitrogens with zero attached hydrogens (tertiary/aromatic N) is 2. The van der Waals surface area contributed by atoms with Crippen LogP contribution in [0.3, 0.4) is 0 Å². The molecule has 0 bridgehead atoms. The van der Waals surface area contributed by atoms with E-state index in [4.69, 9.17) is 5.73 Å². The van der Waals surface area contributed by atoms with Gasteiger partial charge in [-0.05, 0) is 43.6 Å². The normalized spacial score (nSPS) is 17.0. The number of hydrogen-bond donors (Lipinski definition) is 2. The molecule has 3 rings (SSSR count). The summed E-state index contributed by atoms with van der Waals surface area (Å²) in [7, 11) is 0. The van der Waals surface area contributed by atoms with Crippen molar-refractivity contribution in [3.8, 4) is 0 Å². The first-order valence-corrected chi connectivity index (χ1v) is 8.45. The van der Waals surface area contributed by atoms with Crippen LogP contribution in [0.4, 0.5) is 5.82 Å². The SMILES string of the molecule is NC(=O)[C@@H](c1ccccc1)N1CCC(C(=O)Nc2ccccn2)CC1. The van der Waals surface area contributed by atoms with Crippen molar-refractivity contribution >= 4 is 17.6 Å². The van der Waals surface area contributed by atoms with Gasteiger partial charge in [0.15, 0.2) is 0 Å². The zero-order valence-corrected chi connectivity index (χ0v) is 14.0. The molecule has 0 unspecified atom stereocenters. The first-order valence-electron chi connectivity index (χ1n) is 8.45. The molecule has 6 nitrogen and oxygen atoms in total. The van der Waals surface area contributed by atoms with Gasteiger partial charge in [0, 0.05) is 12.1 Å². The maximum Gasteiger partial charge on any atom is 0.239 e. The lowest BCUT2D eigenvalue weighted by Crippen LogP contribution is -2.44. The van der Waals surface area contributed by atoms with Gasteiger partial charge in [0.1, 0.15) is 11.9 Å². The van der Waals surface area contributed by atoms with Gasteiger partial charge in [-0.1, -0.05) is 36.4 Å². The van der Waals surface area contributed by atoms with E-state index in [1.807, 2.05) is 42.5 Å². The number of aromatic nitrogens is 1. The number of anilines is 1. The van der Waals surface area contributed by atoms with Gasteiger partial charge in [0.05, 0.1) is 0 Å². The zero-order chi connectivity index (χ0) is 17.6. The minimum absolute atomic E-state index is 0.0197. The minimum atomic E-state index is -0.444. The highest BCUT2D eigenvalue weighted by Crippen LogP contribution is 2.27. The molecule has 130 valence electrons. The number of pyridine rings is 1. The molecule has 1 aromatic carbocycles. The Balaban J connectivity index is 1.60. The molecule has 2 aromatic rings. The van der Waals surface area contributed by atoms with E-state index in [9.17, 15) is 9.59 Å². The average Bonchev–Trinajstić information content (AvgIpc) is 2.64. The average molecular weight is 338 g/mol. The molecule has 1 aromatic heterocycles. The summed E-state index contributed by atoms with van der Waals surface area (Å²) in [6.45, 7) is 1.31. The fourth-order valence-corrected chi connectivity index (χ4v) is 3.28. The summed E-state index contributed by atoms with van der Waals surface area (Å²) in [5.41, 5.74) is 6.52. The number of carbonyl (C=O) groups excluding carboxylic acids is 2. The second kappa shape index (κ2) is 7.90. The number of likely N-dealkylation sites (tertiary alicyclic amines) is 1. The van der Waals surface area contributed by atoms with Crippen molar-refractivity contribution in [2.24, 2.45) is 11.7 Å². The summed E-state index contributed by atoms with van der Waals surface area (Å²) in [6, 6.07) is 14.5.